The van der Waals surface area contributed by atoms with Gasteiger partial charge in [0.15, 0.2) is 0 Å². The van der Waals surface area contributed by atoms with Crippen molar-refractivity contribution in [2.24, 2.45) is 5.92 Å². The Morgan fingerprint density at radius 2 is 2.18 bits per heavy atom. The van der Waals surface area contributed by atoms with E-state index in [1.54, 1.807) is 30.3 Å². The van der Waals surface area contributed by atoms with Crippen LogP contribution >= 0.6 is 0 Å². The van der Waals surface area contributed by atoms with E-state index >= 15 is 0 Å². The molecular weight excluding hydrogens is 282 g/mol. The van der Waals surface area contributed by atoms with Crippen molar-refractivity contribution in [3.63, 3.8) is 0 Å². The highest BCUT2D eigenvalue weighted by Crippen LogP contribution is 2.27. The first kappa shape index (κ1) is 14.8. The third-order valence-corrected chi connectivity index (χ3v) is 4.68. The van der Waals surface area contributed by atoms with Gasteiger partial charge in [-0.25, -0.2) is 0 Å². The lowest BCUT2D eigenvalue weighted by Crippen LogP contribution is -2.42. The van der Waals surface area contributed by atoms with Crippen LogP contribution in [0.1, 0.15) is 29.8 Å². The van der Waals surface area contributed by atoms with Crippen LogP contribution in [0.3, 0.4) is 0 Å². The van der Waals surface area contributed by atoms with Crippen molar-refractivity contribution in [2.45, 2.75) is 25.3 Å². The highest BCUT2D eigenvalue weighted by molar-refractivity contribution is 5.93. The molecule has 0 spiro atoms. The molecule has 118 valence electrons. The quantitative estimate of drug-likeness (QED) is 0.823. The van der Waals surface area contributed by atoms with Gasteiger partial charge in [-0.2, -0.15) is 0 Å². The minimum absolute atomic E-state index is 0.0907. The van der Waals surface area contributed by atoms with Gasteiger partial charge in [0.2, 0.25) is 5.91 Å². The molecule has 2 aliphatic heterocycles. The fourth-order valence-electron chi connectivity index (χ4n) is 3.35. The second-order valence-electron chi connectivity index (χ2n) is 6.02. The summed E-state index contributed by atoms with van der Waals surface area (Å²) in [5, 5.41) is 0. The number of nitrogens with zero attached hydrogens (tertiary/aromatic N) is 3. The maximum absolute atomic E-state index is 12.7. The molecule has 0 aromatic carbocycles. The Morgan fingerprint density at radius 1 is 1.36 bits per heavy atom. The number of ether oxygens (including phenoxy) is 1. The molecule has 2 aliphatic rings. The van der Waals surface area contributed by atoms with Crippen molar-refractivity contribution < 1.29 is 14.3 Å². The van der Waals surface area contributed by atoms with E-state index in [1.165, 1.54) is 0 Å². The lowest BCUT2D eigenvalue weighted by molar-refractivity contribution is -0.134. The molecule has 2 atom stereocenters. The van der Waals surface area contributed by atoms with Gasteiger partial charge in [-0.1, -0.05) is 6.42 Å². The minimum Gasteiger partial charge on any atom is -0.497 e. The number of fused-ring (bicyclic) bond motifs is 3. The van der Waals surface area contributed by atoms with E-state index in [0.717, 1.165) is 19.3 Å². The van der Waals surface area contributed by atoms with Gasteiger partial charge >= 0.3 is 0 Å². The summed E-state index contributed by atoms with van der Waals surface area (Å²) in [7, 11) is 3.41. The zero-order valence-corrected chi connectivity index (χ0v) is 13.0. The number of likely N-dealkylation sites (tertiary alicyclic amines) is 1. The Hall–Kier alpha value is -2.11. The molecule has 6 nitrogen and oxygen atoms in total. The normalized spacial score (nSPS) is 24.9. The average molecular weight is 303 g/mol. The van der Waals surface area contributed by atoms with Crippen LogP contribution < -0.4 is 4.74 Å². The Bertz CT molecular complexity index is 590. The Labute approximate surface area is 130 Å². The van der Waals surface area contributed by atoms with Crippen molar-refractivity contribution in [1.29, 1.82) is 0 Å². The van der Waals surface area contributed by atoms with Gasteiger partial charge in [-0.05, 0) is 18.9 Å². The number of carbonyl (C=O) groups is 2. The van der Waals surface area contributed by atoms with Gasteiger partial charge < -0.3 is 14.5 Å². The first-order valence-electron chi connectivity index (χ1n) is 7.66. The molecule has 22 heavy (non-hydrogen) atoms. The van der Waals surface area contributed by atoms with Crippen LogP contribution in [-0.2, 0) is 4.79 Å². The third-order valence-electron chi connectivity index (χ3n) is 4.68. The number of carbonyl (C=O) groups excluding carboxylic acids is 2. The first-order chi connectivity index (χ1) is 10.6. The molecule has 0 aliphatic carbocycles. The SMILES string of the molecule is COc1ccnc(C(=O)N2CC3CCCC(C2)N(C)C3=O)c1. The summed E-state index contributed by atoms with van der Waals surface area (Å²) in [6.07, 6.45) is 4.43. The van der Waals surface area contributed by atoms with Gasteiger partial charge in [0, 0.05) is 38.4 Å². The number of likely N-dealkylation sites (N-methyl/N-ethyl adjacent to an activating group) is 1. The van der Waals surface area contributed by atoms with Crippen LogP contribution in [0.2, 0.25) is 0 Å². The molecular formula is C16H21N3O3. The van der Waals surface area contributed by atoms with Crippen molar-refractivity contribution in [3.05, 3.63) is 24.0 Å². The average Bonchev–Trinajstić information content (AvgIpc) is 2.72. The van der Waals surface area contributed by atoms with Crippen LogP contribution in [0.4, 0.5) is 0 Å². The lowest BCUT2D eigenvalue weighted by Gasteiger charge is -2.29. The molecule has 2 fully saturated rings. The van der Waals surface area contributed by atoms with E-state index < -0.39 is 0 Å². The van der Waals surface area contributed by atoms with Gasteiger partial charge in [0.05, 0.1) is 13.0 Å². The van der Waals surface area contributed by atoms with Crippen molar-refractivity contribution in [3.8, 4) is 5.75 Å². The van der Waals surface area contributed by atoms with Crippen molar-refractivity contribution in [1.82, 2.24) is 14.8 Å². The molecule has 1 aromatic rings. The summed E-state index contributed by atoms with van der Waals surface area (Å²) in [5.41, 5.74) is 0.370. The fourth-order valence-corrected chi connectivity index (χ4v) is 3.35. The molecule has 0 radical (unpaired) electrons. The molecule has 3 heterocycles. The van der Waals surface area contributed by atoms with Crippen LogP contribution in [0, 0.1) is 5.92 Å². The van der Waals surface area contributed by atoms with Gasteiger partial charge in [-0.3, -0.25) is 14.6 Å². The summed E-state index contributed by atoms with van der Waals surface area (Å²) in [6, 6.07) is 3.47. The molecule has 1 aromatic heterocycles. The monoisotopic (exact) mass is 303 g/mol. The van der Waals surface area contributed by atoms with E-state index in [2.05, 4.69) is 4.98 Å². The highest BCUT2D eigenvalue weighted by atomic mass is 16.5. The second kappa shape index (κ2) is 5.94. The summed E-state index contributed by atoms with van der Waals surface area (Å²) in [6.45, 7) is 1.06. The summed E-state index contributed by atoms with van der Waals surface area (Å²) >= 11 is 0. The maximum Gasteiger partial charge on any atom is 0.272 e. The Morgan fingerprint density at radius 3 is 2.95 bits per heavy atom. The van der Waals surface area contributed by atoms with E-state index in [-0.39, 0.29) is 23.8 Å². The number of aromatic nitrogens is 1. The molecule has 2 bridgehead atoms. The topological polar surface area (TPSA) is 62.7 Å². The highest BCUT2D eigenvalue weighted by Gasteiger charge is 2.38. The van der Waals surface area contributed by atoms with E-state index in [4.69, 9.17) is 4.74 Å². The van der Waals surface area contributed by atoms with Gasteiger partial charge in [-0.15, -0.1) is 0 Å². The minimum atomic E-state index is -0.126. The largest absolute Gasteiger partial charge is 0.497 e. The summed E-state index contributed by atoms with van der Waals surface area (Å²) in [5.74, 6) is 0.559. The number of pyridine rings is 1. The predicted molar refractivity (Wildman–Crippen MR) is 80.6 cm³/mol. The molecule has 2 amide bonds. The van der Waals surface area contributed by atoms with Crippen LogP contribution in [0.15, 0.2) is 18.3 Å². The third kappa shape index (κ3) is 2.65. The zero-order chi connectivity index (χ0) is 15.7. The van der Waals surface area contributed by atoms with Crippen LogP contribution in [-0.4, -0.2) is 59.9 Å². The first-order valence-corrected chi connectivity index (χ1v) is 7.66. The fraction of sp³-hybridized carbons (Fsp3) is 0.562. The summed E-state index contributed by atoms with van der Waals surface area (Å²) < 4.78 is 5.15. The Kier molecular flexibility index (Phi) is 4.00. The van der Waals surface area contributed by atoms with E-state index in [9.17, 15) is 9.59 Å². The summed E-state index contributed by atoms with van der Waals surface area (Å²) in [4.78, 5) is 32.9. The number of hydrogen-bond acceptors (Lipinski definition) is 4. The molecule has 0 N–H and O–H groups in total. The number of methoxy groups -OCH3 is 1. The van der Waals surface area contributed by atoms with Crippen molar-refractivity contribution in [2.75, 3.05) is 27.2 Å². The number of amides is 2. The molecule has 2 unspecified atom stereocenters. The predicted octanol–water partition coefficient (Wildman–Crippen LogP) is 1.17. The Balaban J connectivity index is 1.85. The van der Waals surface area contributed by atoms with Gasteiger partial charge in [0.25, 0.3) is 5.91 Å². The lowest BCUT2D eigenvalue weighted by atomic mass is 9.99. The maximum atomic E-state index is 12.7. The van der Waals surface area contributed by atoms with Crippen LogP contribution in [0.5, 0.6) is 5.75 Å². The molecule has 0 saturated carbocycles. The molecule has 3 rings (SSSR count). The number of hydrogen-bond donors (Lipinski definition) is 0. The number of rotatable bonds is 2. The standard InChI is InChI=1S/C16H21N3O3/c1-18-12-5-3-4-11(15(18)20)9-19(10-12)16(21)14-8-13(22-2)6-7-17-14/h6-8,11-12H,3-5,9-10H2,1-2H3. The van der Waals surface area contributed by atoms with E-state index in [1.807, 2.05) is 11.9 Å². The van der Waals surface area contributed by atoms with Gasteiger partial charge in [0.1, 0.15) is 11.4 Å². The van der Waals surface area contributed by atoms with Crippen molar-refractivity contribution >= 4 is 11.8 Å². The molecule has 6 heteroatoms. The second-order valence-corrected chi connectivity index (χ2v) is 6.02. The smallest absolute Gasteiger partial charge is 0.272 e. The zero-order valence-electron chi connectivity index (χ0n) is 13.0. The molecule has 2 saturated heterocycles. The van der Waals surface area contributed by atoms with Crippen LogP contribution in [0.25, 0.3) is 0 Å². The van der Waals surface area contributed by atoms with E-state index in [0.29, 0.717) is 24.5 Å².